The molecule has 0 spiro atoms. The van der Waals surface area contributed by atoms with E-state index in [-0.39, 0.29) is 46.6 Å². The van der Waals surface area contributed by atoms with Crippen LogP contribution in [-0.4, -0.2) is 49.7 Å². The monoisotopic (exact) mass is 480 g/mol. The maximum absolute atomic E-state index is 13.3. The van der Waals surface area contributed by atoms with E-state index in [2.05, 4.69) is 6.92 Å². The fraction of sp³-hybridized carbons (Fsp3) is 0.800. The predicted octanol–water partition coefficient (Wildman–Crippen LogP) is 4.23. The Morgan fingerprint density at radius 1 is 1.28 bits per heavy atom. The Morgan fingerprint density at radius 2 is 2.00 bits per heavy atom. The molecule has 32 heavy (non-hydrogen) atoms. The van der Waals surface area contributed by atoms with Crippen LogP contribution in [0, 0.1) is 28.6 Å². The van der Waals surface area contributed by atoms with Crippen molar-refractivity contribution in [2.24, 2.45) is 28.6 Å². The Labute approximate surface area is 200 Å². The maximum atomic E-state index is 13.3. The molecule has 0 amide bonds. The van der Waals surface area contributed by atoms with Gasteiger partial charge in [-0.2, -0.15) is 0 Å². The molecule has 0 aromatic rings. The summed E-state index contributed by atoms with van der Waals surface area (Å²) in [5.41, 5.74) is -1.09. The lowest BCUT2D eigenvalue weighted by Crippen LogP contribution is -2.62. The van der Waals surface area contributed by atoms with Gasteiger partial charge >= 0.3 is 0 Å². The number of hydrogen-bond acceptors (Lipinski definition) is 7. The quantitative estimate of drug-likeness (QED) is 0.583. The van der Waals surface area contributed by atoms with Crippen LogP contribution in [0.3, 0.4) is 0 Å². The van der Waals surface area contributed by atoms with Gasteiger partial charge in [0, 0.05) is 11.8 Å². The van der Waals surface area contributed by atoms with Crippen molar-refractivity contribution in [3.63, 3.8) is 0 Å². The van der Waals surface area contributed by atoms with Gasteiger partial charge in [-0.25, -0.2) is 0 Å². The van der Waals surface area contributed by atoms with Gasteiger partial charge in [-0.05, 0) is 93.8 Å². The molecular weight excluding hydrogens is 444 g/mol. The van der Waals surface area contributed by atoms with Crippen LogP contribution < -0.4 is 0 Å². The number of allylic oxidation sites excluding steroid dienone is 1. The van der Waals surface area contributed by atoms with Gasteiger partial charge in [-0.15, -0.1) is 0 Å². The third kappa shape index (κ3) is 3.71. The van der Waals surface area contributed by atoms with Crippen LogP contribution in [0.2, 0.25) is 0 Å². The van der Waals surface area contributed by atoms with Gasteiger partial charge in [0.1, 0.15) is 5.60 Å². The van der Waals surface area contributed by atoms with E-state index in [1.807, 2.05) is 26.8 Å². The van der Waals surface area contributed by atoms with E-state index in [1.165, 1.54) is 17.3 Å². The summed E-state index contributed by atoms with van der Waals surface area (Å²) in [5.74, 6) is 0.583. The number of thioether (sulfide) groups is 1. The highest BCUT2D eigenvalue weighted by molar-refractivity contribution is 8.23. The minimum atomic E-state index is -1.45. The molecular formula is C25H36O5S2. The number of ether oxygens (including phenoxy) is 1. The number of carbonyl (C=O) groups excluding carboxylic acids is 2. The normalized spacial score (nSPS) is 43.2. The Morgan fingerprint density at radius 3 is 2.69 bits per heavy atom. The fourth-order valence-corrected chi connectivity index (χ4v) is 8.74. The van der Waals surface area contributed by atoms with Crippen molar-refractivity contribution < 1.29 is 24.5 Å². The molecule has 4 aliphatic rings. The number of aliphatic hydroxyl groups is 2. The first kappa shape index (κ1) is 24.4. The van der Waals surface area contributed by atoms with Crippen LogP contribution >= 0.6 is 24.0 Å². The minimum Gasteiger partial charge on any atom is -0.476 e. The molecule has 0 radical (unpaired) electrons. The summed E-state index contributed by atoms with van der Waals surface area (Å²) in [4.78, 5) is 25.3. The molecule has 0 aromatic carbocycles. The van der Waals surface area contributed by atoms with Crippen molar-refractivity contribution in [2.75, 3.05) is 5.75 Å². The molecule has 178 valence electrons. The summed E-state index contributed by atoms with van der Waals surface area (Å²) < 4.78 is 5.80. The second-order valence-electron chi connectivity index (χ2n) is 11.1. The largest absolute Gasteiger partial charge is 0.476 e. The van der Waals surface area contributed by atoms with Gasteiger partial charge in [-0.3, -0.25) is 9.59 Å². The van der Waals surface area contributed by atoms with Crippen molar-refractivity contribution in [3.8, 4) is 0 Å². The second-order valence-corrected chi connectivity index (χ2v) is 12.7. The van der Waals surface area contributed by atoms with Crippen molar-refractivity contribution >= 4 is 39.9 Å². The van der Waals surface area contributed by atoms with Crippen molar-refractivity contribution in [2.45, 2.75) is 90.4 Å². The van der Waals surface area contributed by atoms with Crippen molar-refractivity contribution in [1.29, 1.82) is 0 Å². The van der Waals surface area contributed by atoms with Gasteiger partial charge in [0.2, 0.25) is 4.38 Å². The molecule has 7 atom stereocenters. The molecule has 2 N–H and O–H groups in total. The number of thiocarbonyl (C=S) groups is 1. The molecule has 0 bridgehead atoms. The van der Waals surface area contributed by atoms with Crippen LogP contribution in [0.15, 0.2) is 11.6 Å². The number of aliphatic hydroxyl groups excluding tert-OH is 1. The van der Waals surface area contributed by atoms with Crippen LogP contribution in [0.5, 0.6) is 0 Å². The molecule has 3 fully saturated rings. The smallest absolute Gasteiger partial charge is 0.220 e. The molecule has 3 saturated carbocycles. The van der Waals surface area contributed by atoms with Gasteiger partial charge in [-0.1, -0.05) is 31.2 Å². The summed E-state index contributed by atoms with van der Waals surface area (Å²) in [6, 6.07) is 0. The fourth-order valence-electron chi connectivity index (χ4n) is 7.62. The average Bonchev–Trinajstić information content (AvgIpc) is 2.97. The van der Waals surface area contributed by atoms with Crippen LogP contribution in [-0.2, 0) is 14.3 Å². The summed E-state index contributed by atoms with van der Waals surface area (Å²) in [7, 11) is 0. The van der Waals surface area contributed by atoms with E-state index >= 15 is 0 Å². The first-order chi connectivity index (χ1) is 14.9. The van der Waals surface area contributed by atoms with E-state index in [4.69, 9.17) is 17.0 Å². The highest BCUT2D eigenvalue weighted by Crippen LogP contribution is 2.67. The molecule has 0 unspecified atom stereocenters. The van der Waals surface area contributed by atoms with Gasteiger partial charge in [0.15, 0.2) is 11.6 Å². The summed E-state index contributed by atoms with van der Waals surface area (Å²) in [5, 5.41) is 23.2. The average molecular weight is 481 g/mol. The summed E-state index contributed by atoms with van der Waals surface area (Å²) in [6.07, 6.45) is 5.91. The van der Waals surface area contributed by atoms with E-state index < -0.39 is 17.1 Å². The van der Waals surface area contributed by atoms with Gasteiger partial charge in [0.05, 0.1) is 18.0 Å². The van der Waals surface area contributed by atoms with Crippen LogP contribution in [0.25, 0.3) is 0 Å². The lowest BCUT2D eigenvalue weighted by Gasteiger charge is -2.60. The Hall–Kier alpha value is -0.760. The Bertz CT molecular complexity index is 853. The third-order valence-electron chi connectivity index (χ3n) is 9.16. The Balaban J connectivity index is 1.56. The predicted molar refractivity (Wildman–Crippen MR) is 129 cm³/mol. The van der Waals surface area contributed by atoms with E-state index in [1.54, 1.807) is 0 Å². The van der Waals surface area contributed by atoms with Crippen LogP contribution in [0.4, 0.5) is 0 Å². The number of rotatable bonds is 4. The highest BCUT2D eigenvalue weighted by Gasteiger charge is 2.68. The van der Waals surface area contributed by atoms with Crippen LogP contribution in [0.1, 0.15) is 72.6 Å². The molecule has 5 nitrogen and oxygen atoms in total. The lowest BCUT2D eigenvalue weighted by atomic mass is 9.45. The zero-order chi connectivity index (χ0) is 23.5. The number of ketones is 2. The molecule has 4 rings (SSSR count). The van der Waals surface area contributed by atoms with Gasteiger partial charge in [0.25, 0.3) is 0 Å². The van der Waals surface area contributed by atoms with Crippen molar-refractivity contribution in [3.05, 3.63) is 11.6 Å². The van der Waals surface area contributed by atoms with Gasteiger partial charge < -0.3 is 14.9 Å². The standard InChI is InChI=1S/C25H36O5S2/c1-14(2)30-22(31)32-13-20(28)25(29)10-8-18-17-6-5-15-11-16(26)7-9-23(15,3)21(17)19(27)12-24(18,25)4/h11,14,17-19,21,27,29H,5-10,12-13H2,1-4H3/t17-,18+,19+,21+,23+,24+,25+/m1/s1. The topological polar surface area (TPSA) is 83.8 Å². The molecule has 0 heterocycles. The SMILES string of the molecule is CC(C)OC(=S)SCC(=O)[C@@]1(O)CC[C@H]2[C@H]3CCC4=CC(=O)CC[C@]4(C)[C@@H]3[C@@H](O)C[C@@]21C. The zero-order valence-corrected chi connectivity index (χ0v) is 21.2. The molecule has 0 saturated heterocycles. The van der Waals surface area contributed by atoms with E-state index in [9.17, 15) is 19.8 Å². The Kier molecular flexibility index (Phi) is 6.45. The first-order valence-electron chi connectivity index (χ1n) is 11.9. The molecule has 4 aliphatic carbocycles. The first-order valence-corrected chi connectivity index (χ1v) is 13.3. The molecule has 7 heteroatoms. The minimum absolute atomic E-state index is 0.0475. The lowest BCUT2D eigenvalue weighted by molar-refractivity contribution is -0.178. The van der Waals surface area contributed by atoms with E-state index in [0.717, 1.165) is 25.7 Å². The third-order valence-corrected chi connectivity index (χ3v) is 10.4. The number of fused-ring (bicyclic) bond motifs is 5. The van der Waals surface area contributed by atoms with Crippen molar-refractivity contribution in [1.82, 2.24) is 0 Å². The van der Waals surface area contributed by atoms with E-state index in [0.29, 0.717) is 23.6 Å². The maximum Gasteiger partial charge on any atom is 0.220 e. The molecule has 0 aliphatic heterocycles. The zero-order valence-electron chi connectivity index (χ0n) is 19.6. The second kappa shape index (κ2) is 8.47. The summed E-state index contributed by atoms with van der Waals surface area (Å²) >= 11 is 6.38. The number of hydrogen-bond donors (Lipinski definition) is 2. The number of Topliss-reactive ketones (excluding diaryl/α,β-unsaturated/α-hetero) is 1. The number of carbonyl (C=O) groups is 2. The highest BCUT2D eigenvalue weighted by atomic mass is 32.2. The summed E-state index contributed by atoms with van der Waals surface area (Å²) in [6.45, 7) is 8.00. The molecule has 0 aromatic heterocycles.